The maximum atomic E-state index is 11.8. The van der Waals surface area contributed by atoms with E-state index in [-0.39, 0.29) is 5.94 Å². The zero-order valence-corrected chi connectivity index (χ0v) is 10.6. The fraction of sp³-hybridized carbons (Fsp3) is 0.875. The van der Waals surface area contributed by atoms with E-state index in [1.807, 2.05) is 6.92 Å². The first-order valence-corrected chi connectivity index (χ1v) is 6.25. The van der Waals surface area contributed by atoms with E-state index in [0.29, 0.717) is 18.2 Å². The summed E-state index contributed by atoms with van der Waals surface area (Å²) < 4.78 is 41.4. The standard InChI is InChI=1S/C8H14F3N5OS/c1-2-12-3-4-16-7(13-14-15-16)18-6-17-5-8(9,10)11/h12H,2-6H2,1H3. The minimum Gasteiger partial charge on any atom is -0.361 e. The van der Waals surface area contributed by atoms with Gasteiger partial charge in [0.05, 0.1) is 6.54 Å². The molecule has 0 radical (unpaired) electrons. The number of rotatable bonds is 8. The molecule has 0 bridgehead atoms. The highest BCUT2D eigenvalue weighted by Gasteiger charge is 2.27. The van der Waals surface area contributed by atoms with Crippen LogP contribution in [0.5, 0.6) is 0 Å². The summed E-state index contributed by atoms with van der Waals surface area (Å²) >= 11 is 1.03. The first-order valence-electron chi connectivity index (χ1n) is 5.27. The van der Waals surface area contributed by atoms with Gasteiger partial charge in [-0.15, -0.1) is 5.10 Å². The zero-order chi connectivity index (χ0) is 13.4. The number of aromatic nitrogens is 4. The largest absolute Gasteiger partial charge is 0.411 e. The SMILES string of the molecule is CCNCCn1nnnc1SCOCC(F)(F)F. The second kappa shape index (κ2) is 7.54. The molecule has 6 nitrogen and oxygen atoms in total. The van der Waals surface area contributed by atoms with Gasteiger partial charge in [0.2, 0.25) is 5.16 Å². The summed E-state index contributed by atoms with van der Waals surface area (Å²) in [4.78, 5) is 0. The van der Waals surface area contributed by atoms with Crippen molar-refractivity contribution in [1.82, 2.24) is 25.5 Å². The molecule has 0 spiro atoms. The summed E-state index contributed by atoms with van der Waals surface area (Å²) in [6.45, 7) is 2.79. The molecule has 1 aromatic heterocycles. The van der Waals surface area contributed by atoms with Crippen molar-refractivity contribution in [2.24, 2.45) is 0 Å². The monoisotopic (exact) mass is 285 g/mol. The van der Waals surface area contributed by atoms with Crippen molar-refractivity contribution in [3.05, 3.63) is 0 Å². The van der Waals surface area contributed by atoms with Crippen molar-refractivity contribution in [3.8, 4) is 0 Å². The van der Waals surface area contributed by atoms with Gasteiger partial charge in [-0.3, -0.25) is 0 Å². The Morgan fingerprint density at radius 1 is 1.44 bits per heavy atom. The molecule has 1 heterocycles. The molecule has 0 unspecified atom stereocenters. The maximum Gasteiger partial charge on any atom is 0.411 e. The molecule has 18 heavy (non-hydrogen) atoms. The van der Waals surface area contributed by atoms with E-state index in [9.17, 15) is 13.2 Å². The van der Waals surface area contributed by atoms with Gasteiger partial charge in [0.15, 0.2) is 0 Å². The van der Waals surface area contributed by atoms with Crippen LogP contribution in [0.4, 0.5) is 13.2 Å². The molecule has 1 N–H and O–H groups in total. The van der Waals surface area contributed by atoms with Gasteiger partial charge in [-0.2, -0.15) is 13.2 Å². The van der Waals surface area contributed by atoms with Gasteiger partial charge in [0, 0.05) is 6.54 Å². The average molecular weight is 285 g/mol. The van der Waals surface area contributed by atoms with Crippen LogP contribution in [0.25, 0.3) is 0 Å². The molecule has 1 aromatic rings. The molecule has 0 aliphatic heterocycles. The van der Waals surface area contributed by atoms with Gasteiger partial charge < -0.3 is 10.1 Å². The quantitative estimate of drug-likeness (QED) is 0.435. The second-order valence-electron chi connectivity index (χ2n) is 3.26. The summed E-state index contributed by atoms with van der Waals surface area (Å²) in [6, 6.07) is 0. The lowest BCUT2D eigenvalue weighted by Crippen LogP contribution is -2.20. The smallest absolute Gasteiger partial charge is 0.361 e. The zero-order valence-electron chi connectivity index (χ0n) is 9.77. The number of hydrogen-bond donors (Lipinski definition) is 1. The number of thioether (sulfide) groups is 1. The van der Waals surface area contributed by atoms with Crippen LogP contribution in [0, 0.1) is 0 Å². The summed E-state index contributed by atoms with van der Waals surface area (Å²) in [7, 11) is 0. The van der Waals surface area contributed by atoms with Crippen LogP contribution in [0.1, 0.15) is 6.92 Å². The predicted octanol–water partition coefficient (Wildman–Crippen LogP) is 0.911. The Balaban J connectivity index is 2.27. The van der Waals surface area contributed by atoms with Crippen molar-refractivity contribution < 1.29 is 17.9 Å². The molecule has 0 amide bonds. The van der Waals surface area contributed by atoms with Gasteiger partial charge in [0.25, 0.3) is 0 Å². The fourth-order valence-electron chi connectivity index (χ4n) is 1.05. The van der Waals surface area contributed by atoms with Crippen LogP contribution in [0.2, 0.25) is 0 Å². The summed E-state index contributed by atoms with van der Waals surface area (Å²) in [5, 5.41) is 14.4. The Morgan fingerprint density at radius 3 is 2.89 bits per heavy atom. The predicted molar refractivity (Wildman–Crippen MR) is 59.1 cm³/mol. The molecule has 10 heteroatoms. The average Bonchev–Trinajstić information content (AvgIpc) is 2.71. The number of ether oxygens (including phenoxy) is 1. The van der Waals surface area contributed by atoms with Crippen molar-refractivity contribution in [3.63, 3.8) is 0 Å². The van der Waals surface area contributed by atoms with E-state index in [0.717, 1.165) is 18.3 Å². The van der Waals surface area contributed by atoms with E-state index < -0.39 is 12.8 Å². The molecule has 0 aliphatic rings. The van der Waals surface area contributed by atoms with Gasteiger partial charge in [-0.1, -0.05) is 18.7 Å². The number of tetrazole rings is 1. The Hall–Kier alpha value is -0.870. The number of hydrogen-bond acceptors (Lipinski definition) is 6. The maximum absolute atomic E-state index is 11.8. The van der Waals surface area contributed by atoms with E-state index in [1.165, 1.54) is 4.68 Å². The van der Waals surface area contributed by atoms with Crippen molar-refractivity contribution in [2.75, 3.05) is 25.6 Å². The van der Waals surface area contributed by atoms with Crippen molar-refractivity contribution in [2.45, 2.75) is 24.8 Å². The molecule has 0 saturated heterocycles. The molecule has 104 valence electrons. The minimum absolute atomic E-state index is 0.138. The highest BCUT2D eigenvalue weighted by molar-refractivity contribution is 7.99. The second-order valence-corrected chi connectivity index (χ2v) is 4.15. The van der Waals surface area contributed by atoms with Crippen molar-refractivity contribution in [1.29, 1.82) is 0 Å². The fourth-order valence-corrected chi connectivity index (χ4v) is 1.70. The van der Waals surface area contributed by atoms with Crippen LogP contribution in [-0.2, 0) is 11.3 Å². The third-order valence-corrected chi connectivity index (χ3v) is 2.62. The number of nitrogens with one attached hydrogen (secondary N) is 1. The van der Waals surface area contributed by atoms with Crippen molar-refractivity contribution >= 4 is 11.8 Å². The van der Waals surface area contributed by atoms with Gasteiger partial charge in [-0.25, -0.2) is 4.68 Å². The number of likely N-dealkylation sites (N-methyl/N-ethyl adjacent to an activating group) is 1. The molecule has 1 rings (SSSR count). The summed E-state index contributed by atoms with van der Waals surface area (Å²) in [5.41, 5.74) is 0. The number of nitrogens with zero attached hydrogens (tertiary/aromatic N) is 4. The highest BCUT2D eigenvalue weighted by atomic mass is 32.2. The molecule has 0 fully saturated rings. The minimum atomic E-state index is -4.31. The normalized spacial score (nSPS) is 12.0. The van der Waals surface area contributed by atoms with Gasteiger partial charge in [0.1, 0.15) is 12.5 Å². The third-order valence-electron chi connectivity index (χ3n) is 1.79. The molecular formula is C8H14F3N5OS. The van der Waals surface area contributed by atoms with Crippen LogP contribution >= 0.6 is 11.8 Å². The van der Waals surface area contributed by atoms with Crippen LogP contribution in [0.15, 0.2) is 5.16 Å². The first kappa shape index (κ1) is 15.2. The molecule has 0 atom stereocenters. The lowest BCUT2D eigenvalue weighted by Gasteiger charge is -2.07. The van der Waals surface area contributed by atoms with Gasteiger partial charge >= 0.3 is 6.18 Å². The third kappa shape index (κ3) is 6.17. The Morgan fingerprint density at radius 2 is 2.22 bits per heavy atom. The van der Waals surface area contributed by atoms with E-state index >= 15 is 0 Å². The number of halogens is 3. The summed E-state index contributed by atoms with van der Waals surface area (Å²) in [5.74, 6) is -0.138. The summed E-state index contributed by atoms with van der Waals surface area (Å²) in [6.07, 6.45) is -4.31. The topological polar surface area (TPSA) is 64.9 Å². The Kier molecular flexibility index (Phi) is 6.36. The Bertz CT molecular complexity index is 346. The lowest BCUT2D eigenvalue weighted by atomic mass is 10.6. The molecular weight excluding hydrogens is 271 g/mol. The Labute approximate surface area is 106 Å². The number of alkyl halides is 3. The molecule has 0 aliphatic carbocycles. The van der Waals surface area contributed by atoms with Crippen LogP contribution < -0.4 is 5.32 Å². The van der Waals surface area contributed by atoms with E-state index in [4.69, 9.17) is 0 Å². The highest BCUT2D eigenvalue weighted by Crippen LogP contribution is 2.18. The van der Waals surface area contributed by atoms with Crippen LogP contribution in [-0.4, -0.2) is 52.0 Å². The van der Waals surface area contributed by atoms with E-state index in [2.05, 4.69) is 25.6 Å². The van der Waals surface area contributed by atoms with Crippen LogP contribution in [0.3, 0.4) is 0 Å². The molecule has 0 aromatic carbocycles. The first-order chi connectivity index (χ1) is 8.53. The van der Waals surface area contributed by atoms with Gasteiger partial charge in [-0.05, 0) is 17.0 Å². The molecule has 0 saturated carbocycles. The van der Waals surface area contributed by atoms with E-state index in [1.54, 1.807) is 0 Å². The lowest BCUT2D eigenvalue weighted by molar-refractivity contribution is -0.168.